The number of piperidine rings is 1. The SMILES string of the molecule is C[C@H]1CN(S(=O)(=O)C=CC(=O)NC[C@@H]2CCCO2)CC[C@H]1c1[nH]c(-c2ccc(F)cn2)nc1Cl. The fourth-order valence-corrected chi connectivity index (χ4v) is 5.87. The zero-order valence-corrected chi connectivity index (χ0v) is 20.3. The Morgan fingerprint density at radius 3 is 2.91 bits per heavy atom. The van der Waals surface area contributed by atoms with Crippen molar-refractivity contribution in [1.82, 2.24) is 24.6 Å². The van der Waals surface area contributed by atoms with Crippen LogP contribution >= 0.6 is 11.6 Å². The molecule has 4 heterocycles. The number of halogens is 2. The molecule has 2 N–H and O–H groups in total. The average molecular weight is 512 g/mol. The predicted molar refractivity (Wildman–Crippen MR) is 125 cm³/mol. The number of ether oxygens (including phenoxy) is 1. The summed E-state index contributed by atoms with van der Waals surface area (Å²) < 4.78 is 45.5. The number of sulfonamides is 1. The van der Waals surface area contributed by atoms with Gasteiger partial charge in [0.15, 0.2) is 11.0 Å². The van der Waals surface area contributed by atoms with Crippen molar-refractivity contribution in [1.29, 1.82) is 0 Å². The molecule has 0 spiro atoms. The molecule has 3 atom stereocenters. The van der Waals surface area contributed by atoms with Crippen LogP contribution in [0.25, 0.3) is 11.5 Å². The van der Waals surface area contributed by atoms with Crippen molar-refractivity contribution in [3.63, 3.8) is 0 Å². The molecule has 184 valence electrons. The van der Waals surface area contributed by atoms with Crippen LogP contribution in [0.3, 0.4) is 0 Å². The Morgan fingerprint density at radius 2 is 2.24 bits per heavy atom. The van der Waals surface area contributed by atoms with Crippen LogP contribution in [0.15, 0.2) is 29.8 Å². The standard InChI is InChI=1S/C22H27ClFN5O4S/c1-14-13-29(34(31,32)10-7-19(30)26-12-16-3-2-9-33-16)8-6-17(14)20-21(23)28-22(27-20)18-5-4-15(24)11-25-18/h4-5,7,10-11,14,16-17H,2-3,6,8-9,12-13H2,1H3,(H,26,30)(H,27,28)/t14-,16-,17+/m0/s1. The largest absolute Gasteiger partial charge is 0.376 e. The Morgan fingerprint density at radius 1 is 1.41 bits per heavy atom. The first kappa shape index (κ1) is 24.8. The van der Waals surface area contributed by atoms with Gasteiger partial charge in [0.25, 0.3) is 0 Å². The van der Waals surface area contributed by atoms with Crippen molar-refractivity contribution in [2.75, 3.05) is 26.2 Å². The Bertz CT molecular complexity index is 1150. The molecule has 9 nitrogen and oxygen atoms in total. The number of nitrogens with one attached hydrogen (secondary N) is 2. The number of aromatic amines is 1. The summed E-state index contributed by atoms with van der Waals surface area (Å²) in [6.45, 7) is 3.55. The first-order chi connectivity index (χ1) is 16.2. The van der Waals surface area contributed by atoms with Gasteiger partial charge in [-0.25, -0.2) is 22.8 Å². The molecular formula is C22H27ClFN5O4S. The number of rotatable bonds is 7. The van der Waals surface area contributed by atoms with Gasteiger partial charge in [0.1, 0.15) is 11.5 Å². The monoisotopic (exact) mass is 511 g/mol. The second kappa shape index (κ2) is 10.5. The fourth-order valence-electron chi connectivity index (χ4n) is 4.33. The maximum atomic E-state index is 13.2. The molecule has 0 unspecified atom stereocenters. The average Bonchev–Trinajstić information content (AvgIpc) is 3.46. The molecule has 2 aromatic rings. The molecule has 0 aliphatic carbocycles. The minimum Gasteiger partial charge on any atom is -0.376 e. The van der Waals surface area contributed by atoms with Gasteiger partial charge >= 0.3 is 0 Å². The minimum atomic E-state index is -3.75. The molecule has 0 saturated carbocycles. The highest BCUT2D eigenvalue weighted by atomic mass is 35.5. The Labute approximate surface area is 202 Å². The van der Waals surface area contributed by atoms with Crippen molar-refractivity contribution in [2.45, 2.75) is 38.2 Å². The van der Waals surface area contributed by atoms with E-state index in [1.165, 1.54) is 16.4 Å². The molecule has 2 fully saturated rings. The normalized spacial score (nSPS) is 24.0. The van der Waals surface area contributed by atoms with Gasteiger partial charge in [-0.05, 0) is 37.3 Å². The number of H-pyrrole nitrogens is 1. The van der Waals surface area contributed by atoms with Gasteiger partial charge in [-0.1, -0.05) is 18.5 Å². The van der Waals surface area contributed by atoms with Gasteiger partial charge in [0.2, 0.25) is 15.9 Å². The van der Waals surface area contributed by atoms with E-state index in [9.17, 15) is 17.6 Å². The minimum absolute atomic E-state index is 0.0116. The van der Waals surface area contributed by atoms with Crippen LogP contribution in [0.5, 0.6) is 0 Å². The number of amides is 1. The summed E-state index contributed by atoms with van der Waals surface area (Å²) in [4.78, 5) is 23.5. The van der Waals surface area contributed by atoms with Crippen molar-refractivity contribution < 1.29 is 22.3 Å². The van der Waals surface area contributed by atoms with Crippen LogP contribution in [0, 0.1) is 11.7 Å². The van der Waals surface area contributed by atoms with E-state index in [4.69, 9.17) is 16.3 Å². The first-order valence-electron chi connectivity index (χ1n) is 11.2. The number of aromatic nitrogens is 3. The topological polar surface area (TPSA) is 117 Å². The lowest BCUT2D eigenvalue weighted by Crippen LogP contribution is -2.41. The molecule has 0 radical (unpaired) electrons. The first-order valence-corrected chi connectivity index (χ1v) is 13.1. The predicted octanol–water partition coefficient (Wildman–Crippen LogP) is 2.83. The van der Waals surface area contributed by atoms with E-state index < -0.39 is 21.7 Å². The van der Waals surface area contributed by atoms with Gasteiger partial charge < -0.3 is 15.0 Å². The molecule has 4 rings (SSSR count). The molecule has 2 saturated heterocycles. The molecule has 0 bridgehead atoms. The Balaban J connectivity index is 1.37. The summed E-state index contributed by atoms with van der Waals surface area (Å²) in [5, 5.41) is 3.92. The number of carbonyl (C=O) groups excluding carboxylic acids is 1. The maximum Gasteiger partial charge on any atom is 0.244 e. The Hall–Kier alpha value is -2.34. The highest BCUT2D eigenvalue weighted by molar-refractivity contribution is 7.92. The molecule has 2 aliphatic rings. The van der Waals surface area contributed by atoms with Gasteiger partial charge in [0, 0.05) is 38.2 Å². The summed E-state index contributed by atoms with van der Waals surface area (Å²) in [6, 6.07) is 2.80. The molecule has 2 aliphatic heterocycles. The molecule has 2 aromatic heterocycles. The van der Waals surface area contributed by atoms with Crippen LogP contribution in [0.1, 0.15) is 37.8 Å². The van der Waals surface area contributed by atoms with Gasteiger partial charge in [-0.15, -0.1) is 0 Å². The quantitative estimate of drug-likeness (QED) is 0.552. The second-order valence-electron chi connectivity index (χ2n) is 8.61. The molecule has 12 heteroatoms. The number of pyridine rings is 1. The van der Waals surface area contributed by atoms with Crippen molar-refractivity contribution in [2.24, 2.45) is 5.92 Å². The lowest BCUT2D eigenvalue weighted by molar-refractivity contribution is -0.117. The number of nitrogens with zero attached hydrogens (tertiary/aromatic N) is 3. The molecule has 1 amide bonds. The lowest BCUT2D eigenvalue weighted by atomic mass is 9.86. The van der Waals surface area contributed by atoms with Crippen LogP contribution in [-0.2, 0) is 19.6 Å². The van der Waals surface area contributed by atoms with E-state index in [1.807, 2.05) is 6.92 Å². The number of hydrogen-bond acceptors (Lipinski definition) is 6. The van der Waals surface area contributed by atoms with E-state index in [0.717, 1.165) is 30.5 Å². The summed E-state index contributed by atoms with van der Waals surface area (Å²) in [5.74, 6) is -0.581. The highest BCUT2D eigenvalue weighted by Gasteiger charge is 2.34. The van der Waals surface area contributed by atoms with Crippen LogP contribution in [0.2, 0.25) is 5.15 Å². The summed E-state index contributed by atoms with van der Waals surface area (Å²) >= 11 is 6.37. The fraction of sp³-hybridized carbons (Fsp3) is 0.500. The number of imidazole rings is 1. The van der Waals surface area contributed by atoms with E-state index in [1.54, 1.807) is 0 Å². The Kier molecular flexibility index (Phi) is 7.66. The van der Waals surface area contributed by atoms with E-state index in [-0.39, 0.29) is 36.2 Å². The molecular weight excluding hydrogens is 485 g/mol. The van der Waals surface area contributed by atoms with Crippen LogP contribution < -0.4 is 5.32 Å². The second-order valence-corrected chi connectivity index (χ2v) is 10.8. The van der Waals surface area contributed by atoms with Gasteiger partial charge in [-0.3, -0.25) is 4.79 Å². The highest BCUT2D eigenvalue weighted by Crippen LogP contribution is 2.37. The zero-order valence-electron chi connectivity index (χ0n) is 18.7. The molecule has 34 heavy (non-hydrogen) atoms. The third-order valence-electron chi connectivity index (χ3n) is 6.17. The summed E-state index contributed by atoms with van der Waals surface area (Å²) in [5.41, 5.74) is 1.17. The number of hydrogen-bond donors (Lipinski definition) is 2. The smallest absolute Gasteiger partial charge is 0.244 e. The zero-order chi connectivity index (χ0) is 24.3. The maximum absolute atomic E-state index is 13.2. The van der Waals surface area contributed by atoms with Gasteiger partial charge in [-0.2, -0.15) is 4.31 Å². The van der Waals surface area contributed by atoms with Crippen molar-refractivity contribution >= 4 is 27.5 Å². The summed E-state index contributed by atoms with van der Waals surface area (Å²) in [7, 11) is -3.75. The number of carbonyl (C=O) groups is 1. The van der Waals surface area contributed by atoms with Gasteiger partial charge in [0.05, 0.1) is 23.4 Å². The summed E-state index contributed by atoms with van der Waals surface area (Å²) in [6.07, 6.45) is 4.52. The van der Waals surface area contributed by atoms with E-state index in [0.29, 0.717) is 36.8 Å². The lowest BCUT2D eigenvalue weighted by Gasteiger charge is -2.35. The third-order valence-corrected chi connectivity index (χ3v) is 7.99. The molecule has 0 aromatic carbocycles. The third kappa shape index (κ3) is 5.83. The van der Waals surface area contributed by atoms with E-state index in [2.05, 4.69) is 20.3 Å². The van der Waals surface area contributed by atoms with Crippen LogP contribution in [0.4, 0.5) is 4.39 Å². The van der Waals surface area contributed by atoms with E-state index >= 15 is 0 Å². The van der Waals surface area contributed by atoms with Crippen molar-refractivity contribution in [3.8, 4) is 11.5 Å². The van der Waals surface area contributed by atoms with Crippen molar-refractivity contribution in [3.05, 3.63) is 46.5 Å². The van der Waals surface area contributed by atoms with Crippen LogP contribution in [-0.4, -0.2) is 65.9 Å².